The second-order valence-electron chi connectivity index (χ2n) is 5.86. The molecule has 5 heteroatoms. The number of amides is 1. The van der Waals surface area contributed by atoms with Gasteiger partial charge in [0.15, 0.2) is 0 Å². The van der Waals surface area contributed by atoms with Crippen molar-refractivity contribution in [2.75, 3.05) is 0 Å². The number of phenolic OH excluding ortho intramolecular Hbond substituents is 1. The molecule has 1 amide bonds. The Hall–Kier alpha value is -2.33. The molecule has 4 nitrogen and oxygen atoms in total. The number of hydrogen-bond acceptors (Lipinski definition) is 3. The van der Waals surface area contributed by atoms with Gasteiger partial charge in [0.05, 0.1) is 11.3 Å². The Labute approximate surface area is 140 Å². The van der Waals surface area contributed by atoms with E-state index in [0.29, 0.717) is 11.4 Å². The van der Waals surface area contributed by atoms with Crippen molar-refractivity contribution in [2.24, 2.45) is 5.10 Å². The fourth-order valence-corrected chi connectivity index (χ4v) is 3.24. The molecule has 0 aromatic heterocycles. The Bertz CT molecular complexity index is 803. The molecular weight excluding hydrogens is 312 g/mol. The normalized spacial score (nSPS) is 20.5. The van der Waals surface area contributed by atoms with Crippen LogP contribution in [-0.2, 0) is 10.3 Å². The molecule has 1 heterocycles. The maximum atomic E-state index is 12.1. The third-order valence-corrected chi connectivity index (χ3v) is 4.48. The van der Waals surface area contributed by atoms with Gasteiger partial charge in [-0.3, -0.25) is 4.79 Å². The minimum Gasteiger partial charge on any atom is -0.508 e. The third kappa shape index (κ3) is 2.70. The molecule has 1 N–H and O–H groups in total. The predicted octanol–water partition coefficient (Wildman–Crippen LogP) is 3.92. The lowest BCUT2D eigenvalue weighted by molar-refractivity contribution is -0.133. The Balaban J connectivity index is 2.07. The van der Waals surface area contributed by atoms with Crippen molar-refractivity contribution in [1.82, 2.24) is 5.01 Å². The van der Waals surface area contributed by atoms with Crippen LogP contribution in [0.2, 0.25) is 5.02 Å². The Morgan fingerprint density at radius 3 is 2.65 bits per heavy atom. The highest BCUT2D eigenvalue weighted by atomic mass is 35.5. The van der Waals surface area contributed by atoms with Gasteiger partial charge >= 0.3 is 0 Å². The maximum absolute atomic E-state index is 12.1. The van der Waals surface area contributed by atoms with Crippen molar-refractivity contribution in [2.45, 2.75) is 25.8 Å². The second-order valence-corrected chi connectivity index (χ2v) is 6.27. The van der Waals surface area contributed by atoms with E-state index in [-0.39, 0.29) is 11.7 Å². The van der Waals surface area contributed by atoms with Gasteiger partial charge in [-0.2, -0.15) is 5.10 Å². The average molecular weight is 329 g/mol. The number of aromatic hydroxyl groups is 1. The van der Waals surface area contributed by atoms with Crippen LogP contribution in [0.3, 0.4) is 0 Å². The van der Waals surface area contributed by atoms with Crippen molar-refractivity contribution < 1.29 is 9.90 Å². The molecule has 118 valence electrons. The zero-order valence-corrected chi connectivity index (χ0v) is 13.7. The highest BCUT2D eigenvalue weighted by molar-refractivity contribution is 6.34. The number of carbonyl (C=O) groups is 1. The van der Waals surface area contributed by atoms with Crippen molar-refractivity contribution in [1.29, 1.82) is 0 Å². The topological polar surface area (TPSA) is 52.9 Å². The summed E-state index contributed by atoms with van der Waals surface area (Å²) in [6, 6.07) is 14.4. The van der Waals surface area contributed by atoms with E-state index in [2.05, 4.69) is 5.10 Å². The minimum absolute atomic E-state index is 0.155. The molecule has 1 atom stereocenters. The first-order valence-electron chi connectivity index (χ1n) is 7.34. The van der Waals surface area contributed by atoms with Gasteiger partial charge in [0.1, 0.15) is 5.75 Å². The number of rotatable bonds is 2. The van der Waals surface area contributed by atoms with Crippen molar-refractivity contribution in [3.05, 3.63) is 64.7 Å². The van der Waals surface area contributed by atoms with Crippen molar-refractivity contribution in [3.8, 4) is 5.75 Å². The first-order chi connectivity index (χ1) is 10.9. The summed E-state index contributed by atoms with van der Waals surface area (Å²) < 4.78 is 0. The largest absolute Gasteiger partial charge is 0.508 e. The van der Waals surface area contributed by atoms with Gasteiger partial charge < -0.3 is 5.11 Å². The quantitative estimate of drug-likeness (QED) is 0.908. The maximum Gasteiger partial charge on any atom is 0.240 e. The van der Waals surface area contributed by atoms with Crippen LogP contribution in [0.25, 0.3) is 0 Å². The fraction of sp³-hybridized carbons (Fsp3) is 0.222. The molecular formula is C18H17ClN2O2. The standard InChI is InChI=1S/C18H17ClN2O2/c1-12(22)21-18(2,13-6-5-7-14(23)10-13)11-17(20-21)15-8-3-4-9-16(15)19/h3-10,23H,11H2,1-2H3. The van der Waals surface area contributed by atoms with Gasteiger partial charge in [-0.25, -0.2) is 5.01 Å². The first-order valence-corrected chi connectivity index (χ1v) is 7.72. The Morgan fingerprint density at radius 2 is 2.00 bits per heavy atom. The molecule has 0 saturated heterocycles. The summed E-state index contributed by atoms with van der Waals surface area (Å²) in [5.41, 5.74) is 1.76. The van der Waals surface area contributed by atoms with E-state index >= 15 is 0 Å². The first kappa shape index (κ1) is 15.6. The number of phenols is 1. The van der Waals surface area contributed by atoms with Crippen molar-refractivity contribution >= 4 is 23.2 Å². The molecule has 0 bridgehead atoms. The van der Waals surface area contributed by atoms with E-state index < -0.39 is 5.54 Å². The van der Waals surface area contributed by atoms with E-state index in [0.717, 1.165) is 16.8 Å². The van der Waals surface area contributed by atoms with Gasteiger partial charge in [-0.05, 0) is 30.7 Å². The Morgan fingerprint density at radius 1 is 1.26 bits per heavy atom. The van der Waals surface area contributed by atoms with Gasteiger partial charge in [0, 0.05) is 23.9 Å². The molecule has 0 spiro atoms. The molecule has 3 rings (SSSR count). The molecule has 1 aliphatic heterocycles. The molecule has 2 aromatic rings. The van der Waals surface area contributed by atoms with Gasteiger partial charge in [-0.1, -0.05) is 41.9 Å². The zero-order valence-electron chi connectivity index (χ0n) is 13.0. The Kier molecular flexibility index (Phi) is 3.86. The molecule has 1 unspecified atom stereocenters. The summed E-state index contributed by atoms with van der Waals surface area (Å²) in [5.74, 6) is 0.0105. The van der Waals surface area contributed by atoms with Crippen LogP contribution >= 0.6 is 11.6 Å². The molecule has 2 aromatic carbocycles. The zero-order chi connectivity index (χ0) is 16.6. The number of carbonyl (C=O) groups excluding carboxylic acids is 1. The lowest BCUT2D eigenvalue weighted by atomic mass is 9.85. The predicted molar refractivity (Wildman–Crippen MR) is 90.6 cm³/mol. The minimum atomic E-state index is -0.654. The number of hydrazone groups is 1. The van der Waals surface area contributed by atoms with Crippen LogP contribution in [0.15, 0.2) is 53.6 Å². The smallest absolute Gasteiger partial charge is 0.240 e. The van der Waals surface area contributed by atoms with Crippen LogP contribution in [0.4, 0.5) is 0 Å². The van der Waals surface area contributed by atoms with Gasteiger partial charge in [-0.15, -0.1) is 0 Å². The lowest BCUT2D eigenvalue weighted by Gasteiger charge is -2.32. The fourth-order valence-electron chi connectivity index (χ4n) is 2.99. The number of halogens is 1. The molecule has 0 radical (unpaired) electrons. The van der Waals surface area contributed by atoms with E-state index in [4.69, 9.17) is 11.6 Å². The highest BCUT2D eigenvalue weighted by Crippen LogP contribution is 2.40. The number of benzene rings is 2. The molecule has 23 heavy (non-hydrogen) atoms. The summed E-state index contributed by atoms with van der Waals surface area (Å²) in [6.45, 7) is 3.43. The van der Waals surface area contributed by atoms with Crippen LogP contribution < -0.4 is 0 Å². The number of hydrogen-bond donors (Lipinski definition) is 1. The molecule has 0 saturated carbocycles. The van der Waals surface area contributed by atoms with Crippen LogP contribution in [0.1, 0.15) is 31.4 Å². The summed E-state index contributed by atoms with van der Waals surface area (Å²) >= 11 is 6.27. The van der Waals surface area contributed by atoms with Crippen LogP contribution in [-0.4, -0.2) is 21.7 Å². The molecule has 1 aliphatic rings. The third-order valence-electron chi connectivity index (χ3n) is 4.15. The van der Waals surface area contributed by atoms with E-state index in [1.807, 2.05) is 37.3 Å². The monoisotopic (exact) mass is 328 g/mol. The van der Waals surface area contributed by atoms with Crippen molar-refractivity contribution in [3.63, 3.8) is 0 Å². The van der Waals surface area contributed by atoms with E-state index in [1.165, 1.54) is 11.9 Å². The second kappa shape index (κ2) is 5.70. The van der Waals surface area contributed by atoms with E-state index in [9.17, 15) is 9.90 Å². The summed E-state index contributed by atoms with van der Waals surface area (Å²) in [6.07, 6.45) is 0.528. The summed E-state index contributed by atoms with van der Waals surface area (Å²) in [4.78, 5) is 12.1. The summed E-state index contributed by atoms with van der Waals surface area (Å²) in [7, 11) is 0. The van der Waals surface area contributed by atoms with Crippen LogP contribution in [0, 0.1) is 0 Å². The number of nitrogens with zero attached hydrogens (tertiary/aromatic N) is 2. The van der Waals surface area contributed by atoms with Crippen LogP contribution in [0.5, 0.6) is 5.75 Å². The molecule has 0 aliphatic carbocycles. The summed E-state index contributed by atoms with van der Waals surface area (Å²) in [5, 5.41) is 16.4. The van der Waals surface area contributed by atoms with Gasteiger partial charge in [0.2, 0.25) is 5.91 Å². The lowest BCUT2D eigenvalue weighted by Crippen LogP contribution is -2.39. The van der Waals surface area contributed by atoms with E-state index in [1.54, 1.807) is 18.2 Å². The highest BCUT2D eigenvalue weighted by Gasteiger charge is 2.43. The average Bonchev–Trinajstić information content (AvgIpc) is 2.87. The van der Waals surface area contributed by atoms with Gasteiger partial charge in [0.25, 0.3) is 0 Å². The SMILES string of the molecule is CC(=O)N1N=C(c2ccccc2Cl)CC1(C)c1cccc(O)c1. The molecule has 0 fully saturated rings.